The van der Waals surface area contributed by atoms with Gasteiger partial charge in [-0.2, -0.15) is 0 Å². The van der Waals surface area contributed by atoms with E-state index in [9.17, 15) is 14.4 Å². The van der Waals surface area contributed by atoms with Crippen molar-refractivity contribution in [3.8, 4) is 0 Å². The molecule has 0 aliphatic carbocycles. The van der Waals surface area contributed by atoms with Gasteiger partial charge < -0.3 is 15.0 Å². The van der Waals surface area contributed by atoms with Gasteiger partial charge in [-0.25, -0.2) is 4.79 Å². The highest BCUT2D eigenvalue weighted by Crippen LogP contribution is 2.13. The Morgan fingerprint density at radius 3 is 2.29 bits per heavy atom. The molecule has 0 spiro atoms. The lowest BCUT2D eigenvalue weighted by atomic mass is 10.1. The molecule has 1 N–H and O–H groups in total. The zero-order valence-electron chi connectivity index (χ0n) is 16.3. The second-order valence-corrected chi connectivity index (χ2v) is 5.99. The second-order valence-electron chi connectivity index (χ2n) is 5.99. The Morgan fingerprint density at radius 2 is 1.68 bits per heavy atom. The number of benzene rings is 2. The first-order valence-electron chi connectivity index (χ1n) is 9.05. The van der Waals surface area contributed by atoms with E-state index in [1.807, 2.05) is 13.8 Å². The van der Waals surface area contributed by atoms with Gasteiger partial charge in [-0.3, -0.25) is 9.59 Å². The second kappa shape index (κ2) is 10.1. The molecule has 0 unspecified atom stereocenters. The summed E-state index contributed by atoms with van der Waals surface area (Å²) in [4.78, 5) is 37.7. The lowest BCUT2D eigenvalue weighted by molar-refractivity contribution is -0.111. The molecule has 0 aliphatic heterocycles. The first kappa shape index (κ1) is 20.9. The van der Waals surface area contributed by atoms with Gasteiger partial charge in [0.15, 0.2) is 0 Å². The maximum absolute atomic E-state index is 12.4. The van der Waals surface area contributed by atoms with Crippen molar-refractivity contribution in [1.82, 2.24) is 4.90 Å². The van der Waals surface area contributed by atoms with Crippen molar-refractivity contribution in [1.29, 1.82) is 0 Å². The number of amides is 2. The molecule has 0 aliphatic rings. The lowest BCUT2D eigenvalue weighted by Gasteiger charge is -2.18. The summed E-state index contributed by atoms with van der Waals surface area (Å²) in [6.45, 7) is 5.11. The van der Waals surface area contributed by atoms with Crippen LogP contribution in [0.2, 0.25) is 0 Å². The van der Waals surface area contributed by atoms with Crippen LogP contribution in [0.5, 0.6) is 0 Å². The number of rotatable bonds is 7. The van der Waals surface area contributed by atoms with E-state index in [0.29, 0.717) is 29.9 Å². The van der Waals surface area contributed by atoms with Crippen LogP contribution in [-0.4, -0.2) is 42.9 Å². The fourth-order valence-corrected chi connectivity index (χ4v) is 2.63. The van der Waals surface area contributed by atoms with E-state index in [2.05, 4.69) is 10.1 Å². The minimum absolute atomic E-state index is 0.0673. The smallest absolute Gasteiger partial charge is 0.337 e. The maximum Gasteiger partial charge on any atom is 0.337 e. The predicted octanol–water partition coefficient (Wildman–Crippen LogP) is 3.61. The Balaban J connectivity index is 2.03. The van der Waals surface area contributed by atoms with Crippen LogP contribution in [-0.2, 0) is 9.53 Å². The lowest BCUT2D eigenvalue weighted by Crippen LogP contribution is -2.30. The van der Waals surface area contributed by atoms with E-state index in [-0.39, 0.29) is 11.8 Å². The summed E-state index contributed by atoms with van der Waals surface area (Å²) in [5.41, 5.74) is 2.30. The molecular formula is C22H24N2O4. The fraction of sp³-hybridized carbons (Fsp3) is 0.227. The molecule has 6 heteroatoms. The summed E-state index contributed by atoms with van der Waals surface area (Å²) in [6, 6.07) is 13.6. The average Bonchev–Trinajstić information content (AvgIpc) is 2.73. The van der Waals surface area contributed by atoms with Gasteiger partial charge in [0.05, 0.1) is 12.7 Å². The normalized spacial score (nSPS) is 10.5. The topological polar surface area (TPSA) is 75.7 Å². The molecule has 0 saturated carbocycles. The Hall–Kier alpha value is -3.41. The van der Waals surface area contributed by atoms with Gasteiger partial charge in [0, 0.05) is 30.4 Å². The number of esters is 1. The quantitative estimate of drug-likeness (QED) is 0.588. The van der Waals surface area contributed by atoms with Crippen LogP contribution >= 0.6 is 0 Å². The van der Waals surface area contributed by atoms with E-state index >= 15 is 0 Å². The van der Waals surface area contributed by atoms with Crippen molar-refractivity contribution in [2.24, 2.45) is 0 Å². The highest BCUT2D eigenvalue weighted by molar-refractivity contribution is 6.03. The highest BCUT2D eigenvalue weighted by atomic mass is 16.5. The fourth-order valence-electron chi connectivity index (χ4n) is 2.63. The average molecular weight is 380 g/mol. The summed E-state index contributed by atoms with van der Waals surface area (Å²) in [6.07, 6.45) is 3.04. The van der Waals surface area contributed by atoms with Crippen molar-refractivity contribution in [3.63, 3.8) is 0 Å². The molecule has 0 atom stereocenters. The molecule has 2 rings (SSSR count). The van der Waals surface area contributed by atoms with Crippen molar-refractivity contribution in [2.45, 2.75) is 13.8 Å². The van der Waals surface area contributed by atoms with Gasteiger partial charge >= 0.3 is 5.97 Å². The molecule has 0 radical (unpaired) electrons. The van der Waals surface area contributed by atoms with E-state index in [0.717, 1.165) is 5.56 Å². The van der Waals surface area contributed by atoms with Crippen LogP contribution in [0, 0.1) is 0 Å². The molecular weight excluding hydrogens is 356 g/mol. The molecule has 0 bridgehead atoms. The van der Waals surface area contributed by atoms with Crippen LogP contribution in [0.15, 0.2) is 54.6 Å². The van der Waals surface area contributed by atoms with Crippen LogP contribution in [0.1, 0.15) is 40.1 Å². The van der Waals surface area contributed by atoms with Crippen molar-refractivity contribution in [2.75, 3.05) is 25.5 Å². The SMILES string of the molecule is CCN(CC)C(=O)c1cccc(NC(=O)/C=C/c2ccc(C(=O)OC)cc2)c1. The molecule has 0 saturated heterocycles. The number of hydrogen-bond acceptors (Lipinski definition) is 4. The highest BCUT2D eigenvalue weighted by Gasteiger charge is 2.12. The minimum atomic E-state index is -0.410. The third kappa shape index (κ3) is 5.54. The van der Waals surface area contributed by atoms with Gasteiger partial charge in [0.25, 0.3) is 5.91 Å². The van der Waals surface area contributed by atoms with Crippen LogP contribution in [0.3, 0.4) is 0 Å². The summed E-state index contributed by atoms with van der Waals surface area (Å²) >= 11 is 0. The Bertz CT molecular complexity index is 868. The van der Waals surface area contributed by atoms with Gasteiger partial charge in [-0.05, 0) is 55.8 Å². The monoisotopic (exact) mass is 380 g/mol. The molecule has 2 aromatic carbocycles. The predicted molar refractivity (Wildman–Crippen MR) is 109 cm³/mol. The first-order valence-corrected chi connectivity index (χ1v) is 9.05. The van der Waals surface area contributed by atoms with E-state index in [1.54, 1.807) is 59.5 Å². The maximum atomic E-state index is 12.4. The Kier molecular flexibility index (Phi) is 7.51. The third-order valence-electron chi connectivity index (χ3n) is 4.19. The Labute approximate surface area is 164 Å². The summed E-state index contributed by atoms with van der Waals surface area (Å²) in [5.74, 6) is -0.792. The van der Waals surface area contributed by atoms with Gasteiger partial charge in [-0.15, -0.1) is 0 Å². The van der Waals surface area contributed by atoms with Gasteiger partial charge in [0.1, 0.15) is 0 Å². The van der Waals surface area contributed by atoms with Crippen molar-refractivity contribution in [3.05, 3.63) is 71.3 Å². The number of ether oxygens (including phenoxy) is 1. The number of nitrogens with one attached hydrogen (secondary N) is 1. The molecule has 2 amide bonds. The number of carbonyl (C=O) groups is 3. The summed E-state index contributed by atoms with van der Waals surface area (Å²) in [5, 5.41) is 2.75. The number of carbonyl (C=O) groups excluding carboxylic acids is 3. The van der Waals surface area contributed by atoms with Gasteiger partial charge in [0.2, 0.25) is 5.91 Å². The third-order valence-corrected chi connectivity index (χ3v) is 4.19. The Morgan fingerprint density at radius 1 is 1.00 bits per heavy atom. The summed E-state index contributed by atoms with van der Waals surface area (Å²) < 4.78 is 4.65. The molecule has 146 valence electrons. The van der Waals surface area contributed by atoms with Gasteiger partial charge in [-0.1, -0.05) is 18.2 Å². The number of anilines is 1. The number of hydrogen-bond donors (Lipinski definition) is 1. The molecule has 28 heavy (non-hydrogen) atoms. The van der Waals surface area contributed by atoms with E-state index < -0.39 is 5.97 Å². The first-order chi connectivity index (χ1) is 13.5. The van der Waals surface area contributed by atoms with E-state index in [4.69, 9.17) is 0 Å². The molecule has 0 aromatic heterocycles. The zero-order valence-corrected chi connectivity index (χ0v) is 16.3. The zero-order chi connectivity index (χ0) is 20.5. The number of methoxy groups -OCH3 is 1. The van der Waals surface area contributed by atoms with Crippen molar-refractivity contribution >= 4 is 29.5 Å². The number of nitrogens with zero attached hydrogens (tertiary/aromatic N) is 1. The standard InChI is InChI=1S/C22H24N2O4/c1-4-24(5-2)21(26)18-7-6-8-19(15-18)23-20(25)14-11-16-9-12-17(13-10-16)22(27)28-3/h6-15H,4-5H2,1-3H3,(H,23,25)/b14-11+. The molecule has 0 heterocycles. The van der Waals surface area contributed by atoms with E-state index in [1.165, 1.54) is 13.2 Å². The molecule has 2 aromatic rings. The molecule has 6 nitrogen and oxygen atoms in total. The minimum Gasteiger partial charge on any atom is -0.465 e. The molecule has 0 fully saturated rings. The van der Waals surface area contributed by atoms with Crippen LogP contribution in [0.25, 0.3) is 6.08 Å². The largest absolute Gasteiger partial charge is 0.465 e. The van der Waals surface area contributed by atoms with Crippen LogP contribution < -0.4 is 5.32 Å². The summed E-state index contributed by atoms with van der Waals surface area (Å²) in [7, 11) is 1.32. The van der Waals surface area contributed by atoms with Crippen molar-refractivity contribution < 1.29 is 19.1 Å². The van der Waals surface area contributed by atoms with Crippen LogP contribution in [0.4, 0.5) is 5.69 Å².